The Bertz CT molecular complexity index is 641. The van der Waals surface area contributed by atoms with E-state index in [1.807, 2.05) is 27.8 Å². The van der Waals surface area contributed by atoms with Crippen molar-refractivity contribution in [2.75, 3.05) is 7.11 Å². The predicted octanol–water partition coefficient (Wildman–Crippen LogP) is 1.49. The molecule has 0 spiro atoms. The summed E-state index contributed by atoms with van der Waals surface area (Å²) in [6, 6.07) is 0. The van der Waals surface area contributed by atoms with Crippen LogP contribution in [0.2, 0.25) is 0 Å². The number of esters is 1. The van der Waals surface area contributed by atoms with Crippen LogP contribution in [-0.2, 0) is 18.3 Å². The molecular formula is C13H19N5O2. The Kier molecular flexibility index (Phi) is 3.87. The Morgan fingerprint density at radius 3 is 2.55 bits per heavy atom. The zero-order valence-electron chi connectivity index (χ0n) is 12.5. The van der Waals surface area contributed by atoms with Gasteiger partial charge in [-0.25, -0.2) is 9.48 Å². The van der Waals surface area contributed by atoms with Crippen LogP contribution in [0.25, 0.3) is 11.3 Å². The highest BCUT2D eigenvalue weighted by atomic mass is 16.5. The minimum Gasteiger partial charge on any atom is -0.464 e. The van der Waals surface area contributed by atoms with Gasteiger partial charge in [-0.1, -0.05) is 12.1 Å². The second-order valence-electron chi connectivity index (χ2n) is 4.67. The molecule has 0 saturated heterocycles. The summed E-state index contributed by atoms with van der Waals surface area (Å²) in [5, 5.41) is 12.4. The fourth-order valence-corrected chi connectivity index (χ4v) is 2.28. The lowest BCUT2D eigenvalue weighted by Crippen LogP contribution is -2.07. The topological polar surface area (TPSA) is 74.8 Å². The van der Waals surface area contributed by atoms with Crippen molar-refractivity contribution in [3.63, 3.8) is 0 Å². The fraction of sp³-hybridized carbons (Fsp3) is 0.538. The molecule has 0 aromatic carbocycles. The molecule has 7 heteroatoms. The third-order valence-corrected chi connectivity index (χ3v) is 3.30. The van der Waals surface area contributed by atoms with E-state index < -0.39 is 5.97 Å². The average molecular weight is 277 g/mol. The van der Waals surface area contributed by atoms with Crippen LogP contribution in [0.15, 0.2) is 0 Å². The number of methoxy groups -OCH3 is 1. The zero-order valence-corrected chi connectivity index (χ0v) is 12.5. The maximum atomic E-state index is 11.9. The lowest BCUT2D eigenvalue weighted by molar-refractivity contribution is 0.0595. The first-order chi connectivity index (χ1) is 9.51. The van der Waals surface area contributed by atoms with Crippen LogP contribution >= 0.6 is 0 Å². The van der Waals surface area contributed by atoms with Gasteiger partial charge in [0.1, 0.15) is 5.69 Å². The third kappa shape index (κ3) is 2.19. The van der Waals surface area contributed by atoms with Gasteiger partial charge in [0.2, 0.25) is 0 Å². The van der Waals surface area contributed by atoms with Crippen LogP contribution in [0, 0.1) is 13.8 Å². The number of rotatable bonds is 4. The molecule has 0 aliphatic rings. The van der Waals surface area contributed by atoms with Crippen molar-refractivity contribution in [1.29, 1.82) is 0 Å². The van der Waals surface area contributed by atoms with E-state index in [-0.39, 0.29) is 5.69 Å². The molecule has 0 aliphatic heterocycles. The van der Waals surface area contributed by atoms with E-state index in [2.05, 4.69) is 15.4 Å². The number of carbonyl (C=O) groups excluding carboxylic acids is 1. The molecule has 0 N–H and O–H groups in total. The van der Waals surface area contributed by atoms with Crippen LogP contribution in [-0.4, -0.2) is 37.9 Å². The van der Waals surface area contributed by atoms with Gasteiger partial charge < -0.3 is 4.74 Å². The Balaban J connectivity index is 2.69. The summed E-state index contributed by atoms with van der Waals surface area (Å²) >= 11 is 0. The molecular weight excluding hydrogens is 258 g/mol. The normalized spacial score (nSPS) is 10.8. The molecule has 0 atom stereocenters. The summed E-state index contributed by atoms with van der Waals surface area (Å²) in [5.41, 5.74) is 3.62. The van der Waals surface area contributed by atoms with Gasteiger partial charge in [0.25, 0.3) is 0 Å². The first-order valence-corrected chi connectivity index (χ1v) is 6.53. The number of carbonyl (C=O) groups is 1. The number of aryl methyl sites for hydroxylation is 3. The maximum absolute atomic E-state index is 11.9. The number of nitrogens with zero attached hydrogens (tertiary/aromatic N) is 5. The van der Waals surface area contributed by atoms with Crippen LogP contribution in [0.4, 0.5) is 0 Å². The van der Waals surface area contributed by atoms with Crippen molar-refractivity contribution < 1.29 is 9.53 Å². The van der Waals surface area contributed by atoms with Gasteiger partial charge in [0, 0.05) is 24.8 Å². The van der Waals surface area contributed by atoms with Gasteiger partial charge in [-0.3, -0.25) is 4.68 Å². The van der Waals surface area contributed by atoms with E-state index in [1.165, 1.54) is 7.11 Å². The molecule has 0 bridgehead atoms. The molecule has 2 aromatic rings. The fourth-order valence-electron chi connectivity index (χ4n) is 2.28. The molecule has 0 fully saturated rings. The van der Waals surface area contributed by atoms with E-state index >= 15 is 0 Å². The van der Waals surface area contributed by atoms with Crippen molar-refractivity contribution in [3.05, 3.63) is 17.1 Å². The third-order valence-electron chi connectivity index (χ3n) is 3.30. The smallest absolute Gasteiger partial charge is 0.360 e. The number of hydrogen-bond acceptors (Lipinski definition) is 5. The highest BCUT2D eigenvalue weighted by molar-refractivity contribution is 5.94. The van der Waals surface area contributed by atoms with Crippen LogP contribution in [0.5, 0.6) is 0 Å². The molecule has 108 valence electrons. The monoisotopic (exact) mass is 277 g/mol. The Morgan fingerprint density at radius 2 is 2.05 bits per heavy atom. The summed E-state index contributed by atoms with van der Waals surface area (Å²) in [6.45, 7) is 6.60. The SMILES string of the molecule is CCCn1nnc(C(=O)OC)c1-c1c(C)nn(C)c1C. The summed E-state index contributed by atoms with van der Waals surface area (Å²) in [5.74, 6) is -0.481. The minimum atomic E-state index is -0.481. The molecule has 0 saturated carbocycles. The van der Waals surface area contributed by atoms with Gasteiger partial charge in [-0.2, -0.15) is 5.10 Å². The lowest BCUT2D eigenvalue weighted by Gasteiger charge is -2.07. The summed E-state index contributed by atoms with van der Waals surface area (Å²) in [7, 11) is 3.21. The maximum Gasteiger partial charge on any atom is 0.360 e. The van der Waals surface area contributed by atoms with E-state index in [0.29, 0.717) is 12.2 Å². The summed E-state index contributed by atoms with van der Waals surface area (Å²) < 4.78 is 8.32. The van der Waals surface area contributed by atoms with Gasteiger partial charge in [-0.05, 0) is 20.3 Å². The van der Waals surface area contributed by atoms with Crippen LogP contribution < -0.4 is 0 Å². The molecule has 7 nitrogen and oxygen atoms in total. The van der Waals surface area contributed by atoms with Gasteiger partial charge >= 0.3 is 5.97 Å². The van der Waals surface area contributed by atoms with Gasteiger partial charge in [0.05, 0.1) is 12.8 Å². The largest absolute Gasteiger partial charge is 0.464 e. The van der Waals surface area contributed by atoms with Crippen LogP contribution in [0.1, 0.15) is 35.2 Å². The van der Waals surface area contributed by atoms with Crippen molar-refractivity contribution >= 4 is 5.97 Å². The Hall–Kier alpha value is -2.18. The van der Waals surface area contributed by atoms with E-state index in [9.17, 15) is 4.79 Å². The molecule has 20 heavy (non-hydrogen) atoms. The average Bonchev–Trinajstić information content (AvgIpc) is 2.92. The standard InChI is InChI=1S/C13H19N5O2/c1-6-7-18-12(11(14-16-18)13(19)20-5)10-8(2)15-17(4)9(10)3/h6-7H2,1-5H3. The van der Waals surface area contributed by atoms with Crippen molar-refractivity contribution in [2.45, 2.75) is 33.7 Å². The molecule has 0 aliphatic carbocycles. The molecule has 2 aromatic heterocycles. The van der Waals surface area contributed by atoms with Gasteiger partial charge in [0.15, 0.2) is 5.69 Å². The number of hydrogen-bond donors (Lipinski definition) is 0. The zero-order chi connectivity index (χ0) is 14.9. The van der Waals surface area contributed by atoms with E-state index in [4.69, 9.17) is 4.74 Å². The molecule has 2 heterocycles. The quantitative estimate of drug-likeness (QED) is 0.791. The lowest BCUT2D eigenvalue weighted by atomic mass is 10.1. The number of aromatic nitrogens is 5. The van der Waals surface area contributed by atoms with Crippen molar-refractivity contribution in [2.24, 2.45) is 7.05 Å². The first-order valence-electron chi connectivity index (χ1n) is 6.53. The van der Waals surface area contributed by atoms with Gasteiger partial charge in [-0.15, -0.1) is 5.10 Å². The Morgan fingerprint density at radius 1 is 1.35 bits per heavy atom. The van der Waals surface area contributed by atoms with Crippen molar-refractivity contribution in [1.82, 2.24) is 24.8 Å². The predicted molar refractivity (Wildman–Crippen MR) is 73.3 cm³/mol. The summed E-state index contributed by atoms with van der Waals surface area (Å²) in [6.07, 6.45) is 0.898. The second-order valence-corrected chi connectivity index (χ2v) is 4.67. The highest BCUT2D eigenvalue weighted by Gasteiger charge is 2.26. The second kappa shape index (κ2) is 5.44. The Labute approximate surface area is 117 Å². The molecule has 2 rings (SSSR count). The van der Waals surface area contributed by atoms with E-state index in [0.717, 1.165) is 23.4 Å². The van der Waals surface area contributed by atoms with Crippen LogP contribution in [0.3, 0.4) is 0 Å². The summed E-state index contributed by atoms with van der Waals surface area (Å²) in [4.78, 5) is 11.9. The number of ether oxygens (including phenoxy) is 1. The first kappa shape index (κ1) is 14.2. The molecule has 0 amide bonds. The van der Waals surface area contributed by atoms with Crippen molar-refractivity contribution in [3.8, 4) is 11.3 Å². The molecule has 0 radical (unpaired) electrons. The molecule has 0 unspecified atom stereocenters. The van der Waals surface area contributed by atoms with E-state index in [1.54, 1.807) is 9.36 Å². The highest BCUT2D eigenvalue weighted by Crippen LogP contribution is 2.29. The minimum absolute atomic E-state index is 0.236.